The predicted molar refractivity (Wildman–Crippen MR) is 92.6 cm³/mol. The van der Waals surface area contributed by atoms with Gasteiger partial charge in [0.15, 0.2) is 0 Å². The number of carbonyl (C=O) groups is 1. The summed E-state index contributed by atoms with van der Waals surface area (Å²) in [6.07, 6.45) is 3.70. The minimum Gasteiger partial charge on any atom is -0.464 e. The third-order valence-corrected chi connectivity index (χ3v) is 4.30. The fraction of sp³-hybridized carbons (Fsp3) is 0.158. The Hall–Kier alpha value is -3.08. The fourth-order valence-corrected chi connectivity index (χ4v) is 2.99. The van der Waals surface area contributed by atoms with E-state index in [0.29, 0.717) is 6.54 Å². The Bertz CT molecular complexity index is 1030. The van der Waals surface area contributed by atoms with E-state index in [2.05, 4.69) is 27.6 Å². The number of rotatable bonds is 4. The molecule has 0 fully saturated rings. The summed E-state index contributed by atoms with van der Waals surface area (Å²) in [5.74, 6) is -0.0359. The zero-order chi connectivity index (χ0) is 16.5. The molecule has 24 heavy (non-hydrogen) atoms. The van der Waals surface area contributed by atoms with Crippen LogP contribution in [0.25, 0.3) is 21.7 Å². The molecule has 0 unspecified atom stereocenters. The standard InChI is InChI=1S/C19H17N3O2/c1-12-15(10-21-22-12)9-20-18(23)8-14-11-24-17-7-6-13-4-2-3-5-16(13)19(14)17/h2-7,10-11H,8-9H2,1H3,(H,20,23)(H,21,22). The first kappa shape index (κ1) is 14.5. The van der Waals surface area contributed by atoms with E-state index < -0.39 is 0 Å². The van der Waals surface area contributed by atoms with E-state index in [0.717, 1.165) is 38.6 Å². The molecule has 0 bridgehead atoms. The number of fused-ring (bicyclic) bond motifs is 3. The van der Waals surface area contributed by atoms with E-state index in [-0.39, 0.29) is 12.3 Å². The third-order valence-electron chi connectivity index (χ3n) is 4.30. The van der Waals surface area contributed by atoms with Crippen LogP contribution >= 0.6 is 0 Å². The number of aromatic amines is 1. The number of nitrogens with zero attached hydrogens (tertiary/aromatic N) is 1. The van der Waals surface area contributed by atoms with Crippen molar-refractivity contribution in [2.75, 3.05) is 0 Å². The highest BCUT2D eigenvalue weighted by Crippen LogP contribution is 2.30. The molecular formula is C19H17N3O2. The smallest absolute Gasteiger partial charge is 0.224 e. The Balaban J connectivity index is 1.59. The van der Waals surface area contributed by atoms with Gasteiger partial charge in [-0.25, -0.2) is 0 Å². The number of furan rings is 1. The van der Waals surface area contributed by atoms with Crippen LogP contribution in [-0.4, -0.2) is 16.1 Å². The van der Waals surface area contributed by atoms with E-state index in [4.69, 9.17) is 4.42 Å². The van der Waals surface area contributed by atoms with Crippen LogP contribution in [0, 0.1) is 6.92 Å². The van der Waals surface area contributed by atoms with Crippen molar-refractivity contribution in [2.45, 2.75) is 19.9 Å². The van der Waals surface area contributed by atoms with Gasteiger partial charge in [-0.3, -0.25) is 9.89 Å². The van der Waals surface area contributed by atoms with Crippen molar-refractivity contribution in [1.29, 1.82) is 0 Å². The normalized spacial score (nSPS) is 11.2. The highest BCUT2D eigenvalue weighted by atomic mass is 16.3. The molecule has 0 saturated carbocycles. The van der Waals surface area contributed by atoms with Gasteiger partial charge in [-0.2, -0.15) is 5.10 Å². The lowest BCUT2D eigenvalue weighted by atomic mass is 10.0. The van der Waals surface area contributed by atoms with Gasteiger partial charge in [0.2, 0.25) is 5.91 Å². The zero-order valence-corrected chi connectivity index (χ0v) is 13.3. The highest BCUT2D eigenvalue weighted by Gasteiger charge is 2.13. The van der Waals surface area contributed by atoms with Crippen LogP contribution in [-0.2, 0) is 17.8 Å². The van der Waals surface area contributed by atoms with E-state index in [1.165, 1.54) is 0 Å². The van der Waals surface area contributed by atoms with E-state index >= 15 is 0 Å². The molecule has 2 aromatic carbocycles. The molecular weight excluding hydrogens is 302 g/mol. The average Bonchev–Trinajstić information content (AvgIpc) is 3.19. The summed E-state index contributed by atoms with van der Waals surface area (Å²) in [4.78, 5) is 12.3. The molecule has 0 aliphatic heterocycles. The van der Waals surface area contributed by atoms with Gasteiger partial charge in [-0.05, 0) is 23.8 Å². The predicted octanol–water partition coefficient (Wildman–Crippen LogP) is 3.48. The highest BCUT2D eigenvalue weighted by molar-refractivity contribution is 6.08. The van der Waals surface area contributed by atoms with Crippen LogP contribution in [0.4, 0.5) is 0 Å². The molecule has 120 valence electrons. The molecule has 4 aromatic rings. The zero-order valence-electron chi connectivity index (χ0n) is 13.3. The Morgan fingerprint density at radius 1 is 1.21 bits per heavy atom. The molecule has 5 heteroatoms. The van der Waals surface area contributed by atoms with Gasteiger partial charge in [-0.15, -0.1) is 0 Å². The molecule has 0 aliphatic carbocycles. The first-order chi connectivity index (χ1) is 11.7. The lowest BCUT2D eigenvalue weighted by Gasteiger charge is -2.05. The first-order valence-electron chi connectivity index (χ1n) is 7.86. The van der Waals surface area contributed by atoms with E-state index in [9.17, 15) is 4.79 Å². The summed E-state index contributed by atoms with van der Waals surface area (Å²) < 4.78 is 5.63. The minimum absolute atomic E-state index is 0.0359. The van der Waals surface area contributed by atoms with Crippen LogP contribution in [0.5, 0.6) is 0 Å². The summed E-state index contributed by atoms with van der Waals surface area (Å²) in [6, 6.07) is 12.1. The Labute approximate surface area is 138 Å². The second-order valence-corrected chi connectivity index (χ2v) is 5.89. The summed E-state index contributed by atoms with van der Waals surface area (Å²) in [6.45, 7) is 2.40. The molecule has 1 amide bonds. The number of nitrogens with one attached hydrogen (secondary N) is 2. The van der Waals surface area contributed by atoms with Crippen LogP contribution in [0.2, 0.25) is 0 Å². The van der Waals surface area contributed by atoms with Gasteiger partial charge in [0, 0.05) is 28.8 Å². The second-order valence-electron chi connectivity index (χ2n) is 5.89. The monoisotopic (exact) mass is 319 g/mol. The van der Waals surface area contributed by atoms with Crippen LogP contribution in [0.15, 0.2) is 53.3 Å². The number of carbonyl (C=O) groups excluding carboxylic acids is 1. The summed E-state index contributed by atoms with van der Waals surface area (Å²) in [7, 11) is 0. The van der Waals surface area contributed by atoms with E-state index in [1.54, 1.807) is 12.5 Å². The van der Waals surface area contributed by atoms with Gasteiger partial charge in [0.05, 0.1) is 18.9 Å². The van der Waals surface area contributed by atoms with Gasteiger partial charge in [0.1, 0.15) is 5.58 Å². The van der Waals surface area contributed by atoms with E-state index in [1.807, 2.05) is 31.2 Å². The number of H-pyrrole nitrogens is 1. The van der Waals surface area contributed by atoms with Crippen LogP contribution < -0.4 is 5.32 Å². The number of hydrogen-bond donors (Lipinski definition) is 2. The SMILES string of the molecule is Cc1[nH]ncc1CNC(=O)Cc1coc2ccc3ccccc3c12. The first-order valence-corrected chi connectivity index (χ1v) is 7.86. The minimum atomic E-state index is -0.0359. The molecule has 0 saturated heterocycles. The third kappa shape index (κ3) is 2.54. The van der Waals surface area contributed by atoms with Crippen molar-refractivity contribution in [1.82, 2.24) is 15.5 Å². The molecule has 0 atom stereocenters. The Kier molecular flexibility index (Phi) is 3.54. The second kappa shape index (κ2) is 5.85. The largest absolute Gasteiger partial charge is 0.464 e. The van der Waals surface area contributed by atoms with Crippen molar-refractivity contribution in [3.63, 3.8) is 0 Å². The lowest BCUT2D eigenvalue weighted by molar-refractivity contribution is -0.120. The number of hydrogen-bond acceptors (Lipinski definition) is 3. The number of benzene rings is 2. The lowest BCUT2D eigenvalue weighted by Crippen LogP contribution is -2.24. The molecule has 5 nitrogen and oxygen atoms in total. The van der Waals surface area contributed by atoms with Crippen molar-refractivity contribution in [2.24, 2.45) is 0 Å². The van der Waals surface area contributed by atoms with Gasteiger partial charge >= 0.3 is 0 Å². The van der Waals surface area contributed by atoms with Gasteiger partial charge < -0.3 is 9.73 Å². The summed E-state index contributed by atoms with van der Waals surface area (Å²) >= 11 is 0. The molecule has 0 radical (unpaired) electrons. The molecule has 4 rings (SSSR count). The quantitative estimate of drug-likeness (QED) is 0.605. The Morgan fingerprint density at radius 2 is 2.08 bits per heavy atom. The maximum atomic E-state index is 12.3. The number of amides is 1. The maximum Gasteiger partial charge on any atom is 0.224 e. The summed E-state index contributed by atoms with van der Waals surface area (Å²) in [5, 5.41) is 13.0. The molecule has 2 heterocycles. The Morgan fingerprint density at radius 3 is 2.92 bits per heavy atom. The van der Waals surface area contributed by atoms with Crippen molar-refractivity contribution in [3.05, 3.63) is 65.7 Å². The number of aromatic nitrogens is 2. The average molecular weight is 319 g/mol. The molecule has 2 aromatic heterocycles. The van der Waals surface area contributed by atoms with Crippen LogP contribution in [0.1, 0.15) is 16.8 Å². The van der Waals surface area contributed by atoms with Gasteiger partial charge in [-0.1, -0.05) is 30.3 Å². The maximum absolute atomic E-state index is 12.3. The molecule has 2 N–H and O–H groups in total. The number of aryl methyl sites for hydroxylation is 1. The summed E-state index contributed by atoms with van der Waals surface area (Å²) in [5.41, 5.74) is 3.67. The molecule has 0 spiro atoms. The van der Waals surface area contributed by atoms with Crippen molar-refractivity contribution >= 4 is 27.6 Å². The fourth-order valence-electron chi connectivity index (χ4n) is 2.99. The van der Waals surface area contributed by atoms with Crippen molar-refractivity contribution in [3.8, 4) is 0 Å². The van der Waals surface area contributed by atoms with Gasteiger partial charge in [0.25, 0.3) is 0 Å². The topological polar surface area (TPSA) is 70.9 Å². The van der Waals surface area contributed by atoms with Crippen molar-refractivity contribution < 1.29 is 9.21 Å². The van der Waals surface area contributed by atoms with Crippen LogP contribution in [0.3, 0.4) is 0 Å². The molecule has 0 aliphatic rings.